The highest BCUT2D eigenvalue weighted by Crippen LogP contribution is 1.97. The van der Waals surface area contributed by atoms with Gasteiger partial charge in [-0.3, -0.25) is 0 Å². The molecule has 0 spiro atoms. The first-order valence-electron chi connectivity index (χ1n) is 4.06. The molecule has 0 aliphatic rings. The Hall–Kier alpha value is -0.980. The third-order valence-electron chi connectivity index (χ3n) is 1.34. The highest BCUT2D eigenvalue weighted by molar-refractivity contribution is 5.00. The lowest BCUT2D eigenvalue weighted by Gasteiger charge is -1.87. The third kappa shape index (κ3) is 9.02. The van der Waals surface area contributed by atoms with Crippen molar-refractivity contribution in [2.24, 2.45) is 5.73 Å². The maximum Gasteiger partial charge on any atom is -0.00625 e. The summed E-state index contributed by atoms with van der Waals surface area (Å²) in [5, 5.41) is 0. The van der Waals surface area contributed by atoms with E-state index in [4.69, 9.17) is 5.73 Å². The van der Waals surface area contributed by atoms with Gasteiger partial charge in [0.25, 0.3) is 0 Å². The SMILES string of the molecule is C/C=C\CCC/C=C\C=C/N. The van der Waals surface area contributed by atoms with Crippen LogP contribution in [0.25, 0.3) is 0 Å². The van der Waals surface area contributed by atoms with E-state index in [0.29, 0.717) is 0 Å². The van der Waals surface area contributed by atoms with E-state index in [1.54, 1.807) is 6.20 Å². The lowest BCUT2D eigenvalue weighted by Crippen LogP contribution is -1.72. The molecule has 0 rings (SSSR count). The molecule has 62 valence electrons. The van der Waals surface area contributed by atoms with Gasteiger partial charge < -0.3 is 5.73 Å². The molecule has 0 radical (unpaired) electrons. The van der Waals surface area contributed by atoms with E-state index in [0.717, 1.165) is 6.42 Å². The molecule has 1 nitrogen and oxygen atoms in total. The lowest BCUT2D eigenvalue weighted by molar-refractivity contribution is 0.867. The fourth-order valence-corrected chi connectivity index (χ4v) is 0.759. The number of hydrogen-bond donors (Lipinski definition) is 1. The number of hydrogen-bond acceptors (Lipinski definition) is 1. The minimum atomic E-state index is 1.13. The van der Waals surface area contributed by atoms with Crippen LogP contribution in [0.5, 0.6) is 0 Å². The molecule has 0 aromatic heterocycles. The van der Waals surface area contributed by atoms with E-state index in [9.17, 15) is 0 Å². The van der Waals surface area contributed by atoms with Gasteiger partial charge in [-0.05, 0) is 38.5 Å². The van der Waals surface area contributed by atoms with Crippen molar-refractivity contribution in [3.63, 3.8) is 0 Å². The molecule has 0 unspecified atom stereocenters. The fourth-order valence-electron chi connectivity index (χ4n) is 0.759. The monoisotopic (exact) mass is 151 g/mol. The molecule has 11 heavy (non-hydrogen) atoms. The summed E-state index contributed by atoms with van der Waals surface area (Å²) in [6.45, 7) is 2.05. The predicted molar refractivity (Wildman–Crippen MR) is 51.1 cm³/mol. The Labute approximate surface area is 69.3 Å². The van der Waals surface area contributed by atoms with Gasteiger partial charge in [0.05, 0.1) is 0 Å². The van der Waals surface area contributed by atoms with Gasteiger partial charge in [-0.25, -0.2) is 0 Å². The zero-order valence-corrected chi connectivity index (χ0v) is 7.16. The van der Waals surface area contributed by atoms with Crippen LogP contribution in [0.1, 0.15) is 26.2 Å². The second-order valence-corrected chi connectivity index (χ2v) is 2.31. The van der Waals surface area contributed by atoms with Gasteiger partial charge in [-0.15, -0.1) is 0 Å². The molecule has 0 heterocycles. The summed E-state index contributed by atoms with van der Waals surface area (Å²) < 4.78 is 0. The van der Waals surface area contributed by atoms with Gasteiger partial charge in [0.15, 0.2) is 0 Å². The lowest BCUT2D eigenvalue weighted by atomic mass is 10.2. The van der Waals surface area contributed by atoms with Gasteiger partial charge in [0.1, 0.15) is 0 Å². The minimum Gasteiger partial charge on any atom is -0.405 e. The van der Waals surface area contributed by atoms with E-state index >= 15 is 0 Å². The molecule has 0 fully saturated rings. The highest BCUT2D eigenvalue weighted by Gasteiger charge is 1.77. The zero-order valence-electron chi connectivity index (χ0n) is 7.16. The molecule has 0 aliphatic heterocycles. The average Bonchev–Trinajstić information content (AvgIpc) is 2.03. The van der Waals surface area contributed by atoms with Crippen LogP contribution in [0.4, 0.5) is 0 Å². The molecule has 0 aliphatic carbocycles. The summed E-state index contributed by atoms with van der Waals surface area (Å²) in [5.41, 5.74) is 5.15. The molecule has 0 saturated heterocycles. The van der Waals surface area contributed by atoms with Crippen molar-refractivity contribution >= 4 is 0 Å². The van der Waals surface area contributed by atoms with Crippen LogP contribution in [0, 0.1) is 0 Å². The van der Waals surface area contributed by atoms with Crippen LogP contribution < -0.4 is 5.73 Å². The van der Waals surface area contributed by atoms with Gasteiger partial charge >= 0.3 is 0 Å². The topological polar surface area (TPSA) is 26.0 Å². The summed E-state index contributed by atoms with van der Waals surface area (Å²) >= 11 is 0. The summed E-state index contributed by atoms with van der Waals surface area (Å²) in [6.07, 6.45) is 15.3. The highest BCUT2D eigenvalue weighted by atomic mass is 14.5. The van der Waals surface area contributed by atoms with Gasteiger partial charge in [-0.2, -0.15) is 0 Å². The number of nitrogens with two attached hydrogens (primary N) is 1. The van der Waals surface area contributed by atoms with Crippen molar-refractivity contribution in [3.8, 4) is 0 Å². The maximum atomic E-state index is 5.15. The predicted octanol–water partition coefficient (Wildman–Crippen LogP) is 2.76. The standard InChI is InChI=1S/C10H17N/c1-2-3-4-5-6-7-8-9-10-11/h2-3,7-10H,4-6,11H2,1H3/b3-2-,8-7-,10-9-. The molecule has 0 aromatic carbocycles. The van der Waals surface area contributed by atoms with Crippen LogP contribution in [-0.2, 0) is 0 Å². The van der Waals surface area contributed by atoms with Crippen molar-refractivity contribution in [2.45, 2.75) is 26.2 Å². The summed E-state index contributed by atoms with van der Waals surface area (Å²) in [6, 6.07) is 0. The van der Waals surface area contributed by atoms with E-state index < -0.39 is 0 Å². The second kappa shape index (κ2) is 9.02. The molecule has 0 atom stereocenters. The quantitative estimate of drug-likeness (QED) is 0.365. The molecule has 0 amide bonds. The van der Waals surface area contributed by atoms with Crippen molar-refractivity contribution in [1.82, 2.24) is 0 Å². The summed E-state index contributed by atoms with van der Waals surface area (Å²) in [7, 11) is 0. The minimum absolute atomic E-state index is 1.13. The number of rotatable bonds is 5. The molecule has 0 saturated carbocycles. The van der Waals surface area contributed by atoms with Gasteiger partial charge in [0.2, 0.25) is 0 Å². The zero-order chi connectivity index (χ0) is 8.36. The molecule has 0 aromatic rings. The Morgan fingerprint density at radius 1 is 1.09 bits per heavy atom. The molecule has 1 heteroatoms. The van der Waals surface area contributed by atoms with Crippen LogP contribution >= 0.6 is 0 Å². The molecule has 2 N–H and O–H groups in total. The molecule has 0 bridgehead atoms. The van der Waals surface area contributed by atoms with Crippen molar-refractivity contribution in [2.75, 3.05) is 0 Å². The average molecular weight is 151 g/mol. The Morgan fingerprint density at radius 3 is 2.45 bits per heavy atom. The van der Waals surface area contributed by atoms with Crippen molar-refractivity contribution < 1.29 is 0 Å². The molecular weight excluding hydrogens is 134 g/mol. The first-order chi connectivity index (χ1) is 5.41. The van der Waals surface area contributed by atoms with Crippen molar-refractivity contribution in [3.05, 3.63) is 36.6 Å². The normalized spacial score (nSPS) is 12.5. The largest absolute Gasteiger partial charge is 0.405 e. The molecular formula is C10H17N. The van der Waals surface area contributed by atoms with Crippen LogP contribution in [0.15, 0.2) is 36.6 Å². The first-order valence-corrected chi connectivity index (χ1v) is 4.06. The number of allylic oxidation sites excluding steroid dienone is 5. The van der Waals surface area contributed by atoms with E-state index in [1.165, 1.54) is 12.8 Å². The smallest absolute Gasteiger partial charge is 0.00625 e. The van der Waals surface area contributed by atoms with E-state index in [1.807, 2.05) is 19.1 Å². The van der Waals surface area contributed by atoms with Crippen LogP contribution in [0.3, 0.4) is 0 Å². The van der Waals surface area contributed by atoms with Gasteiger partial charge in [-0.1, -0.05) is 24.3 Å². The Kier molecular flexibility index (Phi) is 8.22. The van der Waals surface area contributed by atoms with Crippen LogP contribution in [-0.4, -0.2) is 0 Å². The van der Waals surface area contributed by atoms with E-state index in [2.05, 4.69) is 18.2 Å². The van der Waals surface area contributed by atoms with Gasteiger partial charge in [0, 0.05) is 0 Å². The Balaban J connectivity index is 3.13. The third-order valence-corrected chi connectivity index (χ3v) is 1.34. The maximum absolute atomic E-state index is 5.15. The summed E-state index contributed by atoms with van der Waals surface area (Å²) in [5.74, 6) is 0. The summed E-state index contributed by atoms with van der Waals surface area (Å²) in [4.78, 5) is 0. The van der Waals surface area contributed by atoms with E-state index in [-0.39, 0.29) is 0 Å². The van der Waals surface area contributed by atoms with Crippen LogP contribution in [0.2, 0.25) is 0 Å². The Bertz CT molecular complexity index is 143. The second-order valence-electron chi connectivity index (χ2n) is 2.31. The fraction of sp³-hybridized carbons (Fsp3) is 0.400. The number of unbranched alkanes of at least 4 members (excludes halogenated alkanes) is 2. The first kappa shape index (κ1) is 10.0. The van der Waals surface area contributed by atoms with Crippen molar-refractivity contribution in [1.29, 1.82) is 0 Å². The Morgan fingerprint density at radius 2 is 1.82 bits per heavy atom.